The predicted molar refractivity (Wildman–Crippen MR) is 94.9 cm³/mol. The molecule has 4 rings (SSSR count). The van der Waals surface area contributed by atoms with Crippen LogP contribution in [-0.2, 0) is 7.05 Å². The van der Waals surface area contributed by atoms with E-state index in [0.29, 0.717) is 5.56 Å². The summed E-state index contributed by atoms with van der Waals surface area (Å²) >= 11 is 1.67. The third kappa shape index (κ3) is 2.25. The van der Waals surface area contributed by atoms with Crippen LogP contribution in [0.15, 0.2) is 53.7 Å². The number of thioether (sulfide) groups is 1. The van der Waals surface area contributed by atoms with Crippen LogP contribution >= 0.6 is 11.8 Å². The van der Waals surface area contributed by atoms with Gasteiger partial charge in [-0.3, -0.25) is 4.40 Å². The van der Waals surface area contributed by atoms with Crippen LogP contribution in [0.2, 0.25) is 0 Å². The van der Waals surface area contributed by atoms with E-state index in [0.717, 1.165) is 27.5 Å². The first-order chi connectivity index (χ1) is 11.7. The molecule has 5 nitrogen and oxygen atoms in total. The van der Waals surface area contributed by atoms with Gasteiger partial charge in [0.25, 0.3) is 0 Å². The molecule has 2 aromatic heterocycles. The second-order valence-corrected chi connectivity index (χ2v) is 6.97. The van der Waals surface area contributed by atoms with Crippen LogP contribution in [0.1, 0.15) is 23.3 Å². The quantitative estimate of drug-likeness (QED) is 0.533. The van der Waals surface area contributed by atoms with Gasteiger partial charge in [0.1, 0.15) is 0 Å². The van der Waals surface area contributed by atoms with Crippen molar-refractivity contribution in [2.45, 2.75) is 17.3 Å². The maximum absolute atomic E-state index is 8.92. The highest BCUT2D eigenvalue weighted by molar-refractivity contribution is 7.99. The average molecular weight is 333 g/mol. The fourth-order valence-electron chi connectivity index (χ4n) is 2.87. The molecular weight excluding hydrogens is 318 g/mol. The lowest BCUT2D eigenvalue weighted by Crippen LogP contribution is -1.92. The summed E-state index contributed by atoms with van der Waals surface area (Å²) in [7, 11) is 2.00. The highest BCUT2D eigenvalue weighted by Gasteiger charge is 2.17. The fourth-order valence-corrected chi connectivity index (χ4v) is 3.85. The van der Waals surface area contributed by atoms with Gasteiger partial charge in [-0.1, -0.05) is 36.0 Å². The first-order valence-electron chi connectivity index (χ1n) is 7.64. The van der Waals surface area contributed by atoms with Crippen molar-refractivity contribution in [1.29, 1.82) is 5.26 Å². The van der Waals surface area contributed by atoms with Gasteiger partial charge in [0, 0.05) is 12.3 Å². The molecule has 0 fully saturated rings. The summed E-state index contributed by atoms with van der Waals surface area (Å²) in [5.41, 5.74) is 4.08. The van der Waals surface area contributed by atoms with E-state index in [1.54, 1.807) is 11.8 Å². The molecule has 0 amide bonds. The normalized spacial score (nSPS) is 12.5. The summed E-state index contributed by atoms with van der Waals surface area (Å²) in [6, 6.07) is 18.1. The third-order valence-corrected chi connectivity index (χ3v) is 5.29. The van der Waals surface area contributed by atoms with Crippen LogP contribution in [0.3, 0.4) is 0 Å². The second-order valence-electron chi connectivity index (χ2n) is 5.66. The maximum atomic E-state index is 8.92. The standard InChI is InChI=1S/C18H15N5S/c1-12(14-9-7-13(11-19)8-10-14)24-18-21-20-17-22(2)15-5-3-4-6-16(15)23(17)18/h3-10,12H,1-2H3/t12-/m1/s1. The molecule has 0 N–H and O–H groups in total. The molecule has 1 atom stereocenters. The van der Waals surface area contributed by atoms with E-state index in [1.807, 2.05) is 43.4 Å². The Kier molecular flexibility index (Phi) is 3.51. The Labute approximate surface area is 143 Å². The Hall–Kier alpha value is -2.78. The number of aryl methyl sites for hydroxylation is 1. The lowest BCUT2D eigenvalue weighted by Gasteiger charge is -2.10. The van der Waals surface area contributed by atoms with E-state index < -0.39 is 0 Å². The van der Waals surface area contributed by atoms with Gasteiger partial charge in [0.2, 0.25) is 5.78 Å². The van der Waals surface area contributed by atoms with Gasteiger partial charge in [-0.05, 0) is 36.8 Å². The smallest absolute Gasteiger partial charge is 0.236 e. The molecule has 0 aliphatic heterocycles. The van der Waals surface area contributed by atoms with Crippen molar-refractivity contribution < 1.29 is 0 Å². The van der Waals surface area contributed by atoms with E-state index in [2.05, 4.69) is 44.3 Å². The van der Waals surface area contributed by atoms with Gasteiger partial charge in [-0.15, -0.1) is 10.2 Å². The summed E-state index contributed by atoms with van der Waals surface area (Å²) < 4.78 is 4.15. The van der Waals surface area contributed by atoms with Crippen molar-refractivity contribution in [1.82, 2.24) is 19.2 Å². The van der Waals surface area contributed by atoms with Crippen LogP contribution in [0.5, 0.6) is 0 Å². The van der Waals surface area contributed by atoms with Crippen LogP contribution in [-0.4, -0.2) is 19.2 Å². The van der Waals surface area contributed by atoms with Gasteiger partial charge >= 0.3 is 0 Å². The summed E-state index contributed by atoms with van der Waals surface area (Å²) in [6.45, 7) is 2.14. The van der Waals surface area contributed by atoms with Crippen molar-refractivity contribution in [3.05, 3.63) is 59.7 Å². The Morgan fingerprint density at radius 1 is 1.04 bits per heavy atom. The van der Waals surface area contributed by atoms with Crippen molar-refractivity contribution in [3.63, 3.8) is 0 Å². The van der Waals surface area contributed by atoms with E-state index in [-0.39, 0.29) is 5.25 Å². The number of aromatic nitrogens is 4. The van der Waals surface area contributed by atoms with Gasteiger partial charge in [-0.2, -0.15) is 5.26 Å². The minimum atomic E-state index is 0.212. The van der Waals surface area contributed by atoms with E-state index in [1.165, 1.54) is 0 Å². The zero-order valence-electron chi connectivity index (χ0n) is 13.3. The maximum Gasteiger partial charge on any atom is 0.236 e. The number of rotatable bonds is 3. The fraction of sp³-hybridized carbons (Fsp3) is 0.167. The summed E-state index contributed by atoms with van der Waals surface area (Å²) in [5, 5.41) is 18.7. The van der Waals surface area contributed by atoms with E-state index in [4.69, 9.17) is 5.26 Å². The van der Waals surface area contributed by atoms with Gasteiger partial charge < -0.3 is 4.57 Å². The lowest BCUT2D eigenvalue weighted by molar-refractivity contribution is 0.927. The second kappa shape index (κ2) is 5.69. The van der Waals surface area contributed by atoms with Crippen molar-refractivity contribution >= 4 is 28.6 Å². The highest BCUT2D eigenvalue weighted by Crippen LogP contribution is 2.35. The number of benzene rings is 2. The molecule has 2 heterocycles. The monoisotopic (exact) mass is 333 g/mol. The molecule has 24 heavy (non-hydrogen) atoms. The lowest BCUT2D eigenvalue weighted by atomic mass is 10.1. The molecule has 118 valence electrons. The third-order valence-electron chi connectivity index (χ3n) is 4.19. The Bertz CT molecular complexity index is 1070. The zero-order valence-corrected chi connectivity index (χ0v) is 14.2. The Morgan fingerprint density at radius 2 is 1.75 bits per heavy atom. The molecule has 0 spiro atoms. The molecule has 0 aliphatic carbocycles. The molecule has 2 aromatic carbocycles. The van der Waals surface area contributed by atoms with Crippen molar-refractivity contribution in [3.8, 4) is 6.07 Å². The predicted octanol–water partition coefficient (Wildman–Crippen LogP) is 3.95. The average Bonchev–Trinajstić information content (AvgIpc) is 3.16. The van der Waals surface area contributed by atoms with Crippen LogP contribution in [0.4, 0.5) is 0 Å². The minimum Gasteiger partial charge on any atom is -0.311 e. The van der Waals surface area contributed by atoms with Crippen LogP contribution < -0.4 is 0 Å². The van der Waals surface area contributed by atoms with Crippen molar-refractivity contribution in [2.24, 2.45) is 7.05 Å². The zero-order chi connectivity index (χ0) is 16.7. The first-order valence-corrected chi connectivity index (χ1v) is 8.52. The molecule has 0 saturated carbocycles. The minimum absolute atomic E-state index is 0.212. The number of nitrogens with zero attached hydrogens (tertiary/aromatic N) is 5. The largest absolute Gasteiger partial charge is 0.311 e. The number of imidazole rings is 1. The molecule has 0 bridgehead atoms. The molecule has 0 unspecified atom stereocenters. The molecule has 0 saturated heterocycles. The molecule has 0 aliphatic rings. The summed E-state index contributed by atoms with van der Waals surface area (Å²) in [6.07, 6.45) is 0. The van der Waals surface area contributed by atoms with Crippen molar-refractivity contribution in [2.75, 3.05) is 0 Å². The molecule has 6 heteroatoms. The van der Waals surface area contributed by atoms with Crippen LogP contribution in [0.25, 0.3) is 16.8 Å². The molecule has 0 radical (unpaired) electrons. The number of nitriles is 1. The number of para-hydroxylation sites is 2. The number of hydrogen-bond acceptors (Lipinski definition) is 4. The summed E-state index contributed by atoms with van der Waals surface area (Å²) in [5.74, 6) is 0.839. The number of fused-ring (bicyclic) bond motifs is 3. The summed E-state index contributed by atoms with van der Waals surface area (Å²) in [4.78, 5) is 0. The van der Waals surface area contributed by atoms with Crippen LogP contribution in [0, 0.1) is 11.3 Å². The Morgan fingerprint density at radius 3 is 2.46 bits per heavy atom. The SMILES string of the molecule is C[C@@H](Sc1nnc2n(C)c3ccccc3n12)c1ccc(C#N)cc1. The van der Waals surface area contributed by atoms with Gasteiger partial charge in [0.05, 0.1) is 22.7 Å². The van der Waals surface area contributed by atoms with E-state index in [9.17, 15) is 0 Å². The Balaban J connectivity index is 1.74. The molecule has 4 aromatic rings. The van der Waals surface area contributed by atoms with Gasteiger partial charge in [-0.25, -0.2) is 0 Å². The topological polar surface area (TPSA) is 58.9 Å². The number of hydrogen-bond donors (Lipinski definition) is 0. The highest BCUT2D eigenvalue weighted by atomic mass is 32.2. The first kappa shape index (κ1) is 14.8. The van der Waals surface area contributed by atoms with Gasteiger partial charge in [0.15, 0.2) is 5.16 Å². The van der Waals surface area contributed by atoms with E-state index >= 15 is 0 Å². The molecular formula is C18H15N5S.